The number of benzene rings is 4. The van der Waals surface area contributed by atoms with E-state index in [2.05, 4.69) is 28.1 Å². The fourth-order valence-electron chi connectivity index (χ4n) is 3.82. The number of carbonyl (C=O) groups is 2. The molecule has 0 fully saturated rings. The van der Waals surface area contributed by atoms with Gasteiger partial charge in [0.1, 0.15) is 5.75 Å². The molecule has 2 amide bonds. The molecule has 0 aliphatic carbocycles. The van der Waals surface area contributed by atoms with E-state index in [1.54, 1.807) is 24.3 Å². The first-order valence-corrected chi connectivity index (χ1v) is 12.3. The Hall–Kier alpha value is -4.58. The standard InChI is InChI=1S/C31H31N3O3/c1-23(25-11-6-3-7-12-25)33-31(36)26-15-17-27(18-16-26)34-30(35)22-32-28-13-8-14-29(21-28)37-20-19-24-9-4-2-5-10-24/h2-18,21,23,32H,19-20,22H2,1H3,(H,33,36)(H,34,35). The number of carbonyl (C=O) groups excluding carboxylic acids is 2. The first-order valence-electron chi connectivity index (χ1n) is 12.3. The van der Waals surface area contributed by atoms with Crippen molar-refractivity contribution in [1.82, 2.24) is 5.32 Å². The van der Waals surface area contributed by atoms with E-state index < -0.39 is 0 Å². The molecule has 0 aliphatic rings. The van der Waals surface area contributed by atoms with Crippen LogP contribution in [0.25, 0.3) is 0 Å². The van der Waals surface area contributed by atoms with Gasteiger partial charge in [-0.2, -0.15) is 0 Å². The zero-order valence-electron chi connectivity index (χ0n) is 20.8. The van der Waals surface area contributed by atoms with Gasteiger partial charge in [-0.1, -0.05) is 66.7 Å². The van der Waals surface area contributed by atoms with E-state index in [1.807, 2.05) is 79.7 Å². The maximum atomic E-state index is 12.6. The molecular weight excluding hydrogens is 462 g/mol. The van der Waals surface area contributed by atoms with Crippen molar-refractivity contribution in [1.29, 1.82) is 0 Å². The van der Waals surface area contributed by atoms with Gasteiger partial charge in [-0.25, -0.2) is 0 Å². The Kier molecular flexibility index (Phi) is 8.92. The Labute approximate surface area is 217 Å². The molecule has 188 valence electrons. The Morgan fingerprint density at radius 3 is 2.22 bits per heavy atom. The summed E-state index contributed by atoms with van der Waals surface area (Å²) in [5, 5.41) is 8.96. The van der Waals surface area contributed by atoms with Gasteiger partial charge in [0.25, 0.3) is 5.91 Å². The molecule has 3 N–H and O–H groups in total. The van der Waals surface area contributed by atoms with Gasteiger partial charge in [0, 0.05) is 29.4 Å². The first-order chi connectivity index (χ1) is 18.1. The van der Waals surface area contributed by atoms with Crippen molar-refractivity contribution in [3.63, 3.8) is 0 Å². The molecule has 0 bridgehead atoms. The minimum atomic E-state index is -0.190. The Balaban J connectivity index is 1.22. The van der Waals surface area contributed by atoms with E-state index in [4.69, 9.17) is 4.74 Å². The molecule has 0 aromatic heterocycles. The van der Waals surface area contributed by atoms with Crippen molar-refractivity contribution in [3.8, 4) is 5.75 Å². The summed E-state index contributed by atoms with van der Waals surface area (Å²) in [7, 11) is 0. The van der Waals surface area contributed by atoms with Gasteiger partial charge >= 0.3 is 0 Å². The molecule has 37 heavy (non-hydrogen) atoms. The van der Waals surface area contributed by atoms with Crippen molar-refractivity contribution in [2.75, 3.05) is 23.8 Å². The number of hydrogen-bond donors (Lipinski definition) is 3. The number of hydrogen-bond acceptors (Lipinski definition) is 4. The molecule has 6 heteroatoms. The van der Waals surface area contributed by atoms with Gasteiger partial charge in [-0.05, 0) is 54.4 Å². The summed E-state index contributed by atoms with van der Waals surface area (Å²) in [4.78, 5) is 25.0. The smallest absolute Gasteiger partial charge is 0.251 e. The molecule has 1 atom stereocenters. The maximum absolute atomic E-state index is 12.6. The lowest BCUT2D eigenvalue weighted by Gasteiger charge is -2.14. The molecule has 0 saturated heterocycles. The second-order valence-corrected chi connectivity index (χ2v) is 8.70. The van der Waals surface area contributed by atoms with Crippen molar-refractivity contribution in [2.45, 2.75) is 19.4 Å². The second-order valence-electron chi connectivity index (χ2n) is 8.70. The lowest BCUT2D eigenvalue weighted by Crippen LogP contribution is -2.26. The summed E-state index contributed by atoms with van der Waals surface area (Å²) in [6.07, 6.45) is 0.827. The van der Waals surface area contributed by atoms with E-state index >= 15 is 0 Å². The number of anilines is 2. The highest BCUT2D eigenvalue weighted by Crippen LogP contribution is 2.18. The summed E-state index contributed by atoms with van der Waals surface area (Å²) in [5.74, 6) is 0.392. The lowest BCUT2D eigenvalue weighted by molar-refractivity contribution is -0.114. The normalized spacial score (nSPS) is 11.3. The minimum Gasteiger partial charge on any atom is -0.493 e. The molecule has 0 spiro atoms. The number of amides is 2. The van der Waals surface area contributed by atoms with Gasteiger partial charge in [-0.15, -0.1) is 0 Å². The fraction of sp³-hybridized carbons (Fsp3) is 0.161. The van der Waals surface area contributed by atoms with Crippen LogP contribution in [0.4, 0.5) is 11.4 Å². The zero-order chi connectivity index (χ0) is 25.9. The predicted octanol–water partition coefficient (Wildman–Crippen LogP) is 5.85. The molecule has 4 aromatic rings. The van der Waals surface area contributed by atoms with Crippen LogP contribution in [-0.4, -0.2) is 25.0 Å². The highest BCUT2D eigenvalue weighted by molar-refractivity contribution is 5.96. The van der Waals surface area contributed by atoms with Gasteiger partial charge in [0.2, 0.25) is 5.91 Å². The quantitative estimate of drug-likeness (QED) is 0.245. The van der Waals surface area contributed by atoms with Gasteiger partial charge in [0.15, 0.2) is 0 Å². The summed E-state index contributed by atoms with van der Waals surface area (Å²) in [6, 6.07) is 34.3. The van der Waals surface area contributed by atoms with E-state index in [1.165, 1.54) is 5.56 Å². The minimum absolute atomic E-state index is 0.101. The predicted molar refractivity (Wildman–Crippen MR) is 148 cm³/mol. The van der Waals surface area contributed by atoms with Gasteiger partial charge in [-0.3, -0.25) is 9.59 Å². The molecule has 0 radical (unpaired) electrons. The van der Waals surface area contributed by atoms with Crippen LogP contribution >= 0.6 is 0 Å². The molecule has 4 rings (SSSR count). The van der Waals surface area contributed by atoms with Crippen LogP contribution in [0.5, 0.6) is 5.75 Å². The summed E-state index contributed by atoms with van der Waals surface area (Å²) in [5.41, 5.74) is 4.22. The molecule has 4 aromatic carbocycles. The molecule has 1 unspecified atom stereocenters. The number of nitrogens with one attached hydrogen (secondary N) is 3. The fourth-order valence-corrected chi connectivity index (χ4v) is 3.82. The molecule has 0 heterocycles. The Bertz CT molecular complexity index is 1290. The van der Waals surface area contributed by atoms with Crippen molar-refractivity contribution in [2.24, 2.45) is 0 Å². The highest BCUT2D eigenvalue weighted by atomic mass is 16.5. The Morgan fingerprint density at radius 1 is 0.784 bits per heavy atom. The average Bonchev–Trinajstić information content (AvgIpc) is 2.93. The van der Waals surface area contributed by atoms with Gasteiger partial charge in [0.05, 0.1) is 19.2 Å². The van der Waals surface area contributed by atoms with Crippen molar-refractivity contribution in [3.05, 3.63) is 126 Å². The van der Waals surface area contributed by atoms with Crippen molar-refractivity contribution >= 4 is 23.2 Å². The monoisotopic (exact) mass is 493 g/mol. The highest BCUT2D eigenvalue weighted by Gasteiger charge is 2.11. The molecule has 0 saturated carbocycles. The third-order valence-corrected chi connectivity index (χ3v) is 5.87. The summed E-state index contributed by atoms with van der Waals surface area (Å²) in [6.45, 7) is 2.62. The average molecular weight is 494 g/mol. The van der Waals surface area contributed by atoms with Gasteiger partial charge < -0.3 is 20.7 Å². The first kappa shape index (κ1) is 25.5. The van der Waals surface area contributed by atoms with E-state index in [-0.39, 0.29) is 24.4 Å². The zero-order valence-corrected chi connectivity index (χ0v) is 20.8. The number of ether oxygens (including phenoxy) is 1. The van der Waals surface area contributed by atoms with Crippen LogP contribution in [0.3, 0.4) is 0 Å². The number of rotatable bonds is 11. The summed E-state index contributed by atoms with van der Waals surface area (Å²) < 4.78 is 5.86. The topological polar surface area (TPSA) is 79.5 Å². The van der Waals surface area contributed by atoms with E-state index in [0.29, 0.717) is 17.9 Å². The maximum Gasteiger partial charge on any atom is 0.251 e. The van der Waals surface area contributed by atoms with Crippen LogP contribution < -0.4 is 20.7 Å². The third kappa shape index (κ3) is 7.97. The van der Waals surface area contributed by atoms with Crippen LogP contribution in [0.15, 0.2) is 109 Å². The van der Waals surface area contributed by atoms with E-state index in [0.717, 1.165) is 23.4 Å². The van der Waals surface area contributed by atoms with Crippen LogP contribution in [0.2, 0.25) is 0 Å². The largest absolute Gasteiger partial charge is 0.493 e. The Morgan fingerprint density at radius 2 is 1.49 bits per heavy atom. The molecular formula is C31H31N3O3. The molecule has 0 aliphatic heterocycles. The lowest BCUT2D eigenvalue weighted by atomic mass is 10.1. The third-order valence-electron chi connectivity index (χ3n) is 5.87. The van der Waals surface area contributed by atoms with E-state index in [9.17, 15) is 9.59 Å². The van der Waals surface area contributed by atoms with Crippen LogP contribution in [0.1, 0.15) is 34.5 Å². The van der Waals surface area contributed by atoms with Crippen molar-refractivity contribution < 1.29 is 14.3 Å². The SMILES string of the molecule is CC(NC(=O)c1ccc(NC(=O)CNc2cccc(OCCc3ccccc3)c2)cc1)c1ccccc1. The molecule has 6 nitrogen and oxygen atoms in total. The summed E-state index contributed by atoms with van der Waals surface area (Å²) >= 11 is 0. The second kappa shape index (κ2) is 12.9. The van der Waals surface area contributed by atoms with Crippen LogP contribution in [-0.2, 0) is 11.2 Å². The van der Waals surface area contributed by atoms with Crippen LogP contribution in [0, 0.1) is 0 Å².